The highest BCUT2D eigenvalue weighted by Gasteiger charge is 2.24. The first kappa shape index (κ1) is 33.8. The Bertz CT molecular complexity index is 1850. The summed E-state index contributed by atoms with van der Waals surface area (Å²) in [6, 6.07) is 24.7. The molecule has 0 radical (unpaired) electrons. The van der Waals surface area contributed by atoms with Crippen molar-refractivity contribution in [3.8, 4) is 17.0 Å². The number of amides is 1. The summed E-state index contributed by atoms with van der Waals surface area (Å²) in [6.07, 6.45) is 0. The third-order valence-corrected chi connectivity index (χ3v) is 7.39. The number of nitrogens with one attached hydrogen (secondary N) is 1. The molecule has 4 aromatic carbocycles. The Morgan fingerprint density at radius 3 is 2.02 bits per heavy atom. The van der Waals surface area contributed by atoms with Crippen LogP contribution in [0.1, 0.15) is 67.7 Å². The van der Waals surface area contributed by atoms with Crippen LogP contribution < -0.4 is 10.1 Å². The number of ether oxygens (including phenoxy) is 1. The smallest absolute Gasteiger partial charge is 0.335 e. The molecule has 0 bridgehead atoms. The van der Waals surface area contributed by atoms with Crippen LogP contribution in [-0.4, -0.2) is 33.2 Å². The molecule has 9 nitrogen and oxygen atoms in total. The molecule has 0 aliphatic carbocycles. The predicted octanol–water partition coefficient (Wildman–Crippen LogP) is 8.99. The second-order valence-electron chi connectivity index (χ2n) is 10.4. The van der Waals surface area contributed by atoms with Crippen LogP contribution in [0.25, 0.3) is 11.3 Å². The number of benzene rings is 4. The van der Waals surface area contributed by atoms with Crippen LogP contribution in [0.5, 0.6) is 5.75 Å². The Hall–Kier alpha value is -5.12. The average molecular weight is 662 g/mol. The van der Waals surface area contributed by atoms with E-state index in [1.165, 1.54) is 18.2 Å². The van der Waals surface area contributed by atoms with Crippen LogP contribution in [0.2, 0.25) is 10.0 Å². The lowest BCUT2D eigenvalue weighted by molar-refractivity contribution is 0.0686. The number of carbonyl (C=O) groups excluding carboxylic acids is 1. The van der Waals surface area contributed by atoms with Gasteiger partial charge in [0.2, 0.25) is 0 Å². The fourth-order valence-electron chi connectivity index (χ4n) is 4.43. The molecule has 0 atom stereocenters. The van der Waals surface area contributed by atoms with Crippen molar-refractivity contribution in [1.29, 1.82) is 0 Å². The number of nitrogens with zero attached hydrogens (tertiary/aromatic N) is 1. The molecule has 5 rings (SSSR count). The Kier molecular flexibility index (Phi) is 11.2. The molecular formula is C35H30Cl2N2O7. The molecule has 0 aliphatic rings. The minimum Gasteiger partial charge on any atom is -0.489 e. The van der Waals surface area contributed by atoms with Crippen LogP contribution >= 0.6 is 23.2 Å². The zero-order chi connectivity index (χ0) is 33.4. The van der Waals surface area contributed by atoms with Gasteiger partial charge in [-0.1, -0.05) is 72.5 Å². The molecule has 1 aromatic heterocycles. The number of carboxylic acids is 2. The summed E-state index contributed by atoms with van der Waals surface area (Å²) in [4.78, 5) is 34.1. The van der Waals surface area contributed by atoms with Crippen LogP contribution in [0, 0.1) is 6.92 Å². The summed E-state index contributed by atoms with van der Waals surface area (Å²) in [5.41, 5.74) is 3.83. The maximum absolute atomic E-state index is 12.7. The second-order valence-corrected chi connectivity index (χ2v) is 11.2. The van der Waals surface area contributed by atoms with Crippen molar-refractivity contribution in [3.05, 3.63) is 135 Å². The second kappa shape index (κ2) is 15.2. The summed E-state index contributed by atoms with van der Waals surface area (Å²) < 4.78 is 11.7. The number of rotatable bonds is 9. The minimum atomic E-state index is -1.10. The predicted molar refractivity (Wildman–Crippen MR) is 176 cm³/mol. The van der Waals surface area contributed by atoms with Gasteiger partial charge in [-0.15, -0.1) is 0 Å². The van der Waals surface area contributed by atoms with E-state index < -0.39 is 17.8 Å². The number of carboxylic acid groups (broad SMARTS) is 2. The first-order valence-electron chi connectivity index (χ1n) is 14.1. The molecule has 3 N–H and O–H groups in total. The van der Waals surface area contributed by atoms with E-state index in [4.69, 9.17) is 42.7 Å². The molecular weight excluding hydrogens is 631 g/mol. The third kappa shape index (κ3) is 8.32. The highest BCUT2D eigenvalue weighted by molar-refractivity contribution is 6.39. The van der Waals surface area contributed by atoms with Crippen molar-refractivity contribution in [2.24, 2.45) is 0 Å². The molecule has 0 spiro atoms. The molecule has 0 fully saturated rings. The van der Waals surface area contributed by atoms with Crippen molar-refractivity contribution < 1.29 is 33.9 Å². The molecule has 0 saturated carbocycles. The largest absolute Gasteiger partial charge is 0.489 e. The maximum Gasteiger partial charge on any atom is 0.335 e. The molecule has 1 amide bonds. The van der Waals surface area contributed by atoms with Gasteiger partial charge in [0.15, 0.2) is 0 Å². The number of aromatic carboxylic acids is 2. The molecule has 11 heteroatoms. The summed E-state index contributed by atoms with van der Waals surface area (Å²) in [5.74, 6) is -1.07. The summed E-state index contributed by atoms with van der Waals surface area (Å²) in [5, 5.41) is 25.5. The van der Waals surface area contributed by atoms with E-state index in [1.807, 2.05) is 20.8 Å². The Balaban J connectivity index is 0.000000459. The first-order valence-corrected chi connectivity index (χ1v) is 14.8. The number of anilines is 1. The molecule has 236 valence electrons. The summed E-state index contributed by atoms with van der Waals surface area (Å²) >= 11 is 12.8. The monoisotopic (exact) mass is 660 g/mol. The van der Waals surface area contributed by atoms with E-state index in [2.05, 4.69) is 10.5 Å². The summed E-state index contributed by atoms with van der Waals surface area (Å²) in [7, 11) is 0. The van der Waals surface area contributed by atoms with Crippen LogP contribution in [0.3, 0.4) is 0 Å². The highest BCUT2D eigenvalue weighted by atomic mass is 35.5. The van der Waals surface area contributed by atoms with Crippen molar-refractivity contribution in [2.45, 2.75) is 33.3 Å². The number of carbonyl (C=O) groups is 3. The molecule has 0 saturated heterocycles. The fraction of sp³-hybridized carbons (Fsp3) is 0.143. The Morgan fingerprint density at radius 2 is 1.43 bits per heavy atom. The Morgan fingerprint density at radius 1 is 0.826 bits per heavy atom. The van der Waals surface area contributed by atoms with Gasteiger partial charge in [-0.2, -0.15) is 0 Å². The number of halogens is 2. The highest BCUT2D eigenvalue weighted by Crippen LogP contribution is 2.39. The van der Waals surface area contributed by atoms with Gasteiger partial charge in [0.25, 0.3) is 5.91 Å². The van der Waals surface area contributed by atoms with Crippen molar-refractivity contribution in [1.82, 2.24) is 5.16 Å². The average Bonchev–Trinajstić information content (AvgIpc) is 3.45. The SMILES string of the molecule is Cc1cc(OCc2c(-c3c(Cl)cccc3Cl)noc2C(C)C)ccc1NC(=O)c1cccc(C(=O)O)c1.O=C(O)c1ccccc1. The van der Waals surface area contributed by atoms with Crippen LogP contribution in [0.15, 0.2) is 95.5 Å². The zero-order valence-corrected chi connectivity index (χ0v) is 26.6. The standard InChI is InChI=1S/C28H24Cl2N2O5.C7H6O2/c1-15(2)26-20(25(32-37-26)24-21(29)8-5-9-22(24)30)14-36-19-10-11-23(16(3)12-19)31-27(33)17-6-4-7-18(13-17)28(34)35;8-7(9)6-4-2-1-3-5-6/h4-13,15H,14H2,1-3H3,(H,31,33)(H,34,35);1-5H,(H,8,9). The number of hydrogen-bond donors (Lipinski definition) is 3. The van der Waals surface area contributed by atoms with E-state index in [1.54, 1.807) is 72.8 Å². The molecule has 5 aromatic rings. The van der Waals surface area contributed by atoms with E-state index >= 15 is 0 Å². The third-order valence-electron chi connectivity index (χ3n) is 6.76. The number of aromatic nitrogens is 1. The van der Waals surface area contributed by atoms with Crippen LogP contribution in [-0.2, 0) is 6.61 Å². The topological polar surface area (TPSA) is 139 Å². The zero-order valence-electron chi connectivity index (χ0n) is 25.1. The van der Waals surface area contributed by atoms with Gasteiger partial charge < -0.3 is 24.8 Å². The first-order chi connectivity index (χ1) is 22.0. The fourth-order valence-corrected chi connectivity index (χ4v) is 5.00. The lowest BCUT2D eigenvalue weighted by Gasteiger charge is -2.13. The summed E-state index contributed by atoms with van der Waals surface area (Å²) in [6.45, 7) is 6.00. The van der Waals surface area contributed by atoms with E-state index in [9.17, 15) is 14.4 Å². The minimum absolute atomic E-state index is 0.0417. The van der Waals surface area contributed by atoms with Crippen molar-refractivity contribution in [2.75, 3.05) is 5.32 Å². The van der Waals surface area contributed by atoms with E-state index in [0.717, 1.165) is 11.1 Å². The number of aryl methyl sites for hydroxylation is 1. The Labute approximate surface area is 275 Å². The molecule has 0 unspecified atom stereocenters. The van der Waals surface area contributed by atoms with Gasteiger partial charge in [0.1, 0.15) is 23.8 Å². The lowest BCUT2D eigenvalue weighted by atomic mass is 10.0. The maximum atomic E-state index is 12.7. The van der Waals surface area contributed by atoms with Crippen LogP contribution in [0.4, 0.5) is 5.69 Å². The van der Waals surface area contributed by atoms with Gasteiger partial charge >= 0.3 is 11.9 Å². The van der Waals surface area contributed by atoms with Gasteiger partial charge in [0, 0.05) is 22.7 Å². The lowest BCUT2D eigenvalue weighted by Crippen LogP contribution is -2.13. The number of hydrogen-bond acceptors (Lipinski definition) is 6. The molecule has 0 aliphatic heterocycles. The van der Waals surface area contributed by atoms with Crippen molar-refractivity contribution in [3.63, 3.8) is 0 Å². The normalized spacial score (nSPS) is 10.6. The quantitative estimate of drug-likeness (QED) is 0.142. The molecule has 1 heterocycles. The van der Waals surface area contributed by atoms with Gasteiger partial charge in [-0.05, 0) is 73.2 Å². The van der Waals surface area contributed by atoms with E-state index in [-0.39, 0.29) is 23.7 Å². The van der Waals surface area contributed by atoms with Gasteiger partial charge in [-0.25, -0.2) is 9.59 Å². The van der Waals surface area contributed by atoms with Crippen molar-refractivity contribution >= 4 is 46.7 Å². The van der Waals surface area contributed by atoms with E-state index in [0.29, 0.717) is 44.1 Å². The van der Waals surface area contributed by atoms with Gasteiger partial charge in [0.05, 0.1) is 26.7 Å². The molecule has 46 heavy (non-hydrogen) atoms. The van der Waals surface area contributed by atoms with Gasteiger partial charge in [-0.3, -0.25) is 4.79 Å².